The number of amides is 1. The van der Waals surface area contributed by atoms with E-state index in [1.165, 1.54) is 4.90 Å². The van der Waals surface area contributed by atoms with Crippen molar-refractivity contribution in [3.63, 3.8) is 0 Å². The first-order valence-electron chi connectivity index (χ1n) is 5.68. The first-order chi connectivity index (χ1) is 8.13. The van der Waals surface area contributed by atoms with E-state index >= 15 is 0 Å². The van der Waals surface area contributed by atoms with Crippen LogP contribution in [0.4, 0.5) is 0 Å². The summed E-state index contributed by atoms with van der Waals surface area (Å²) in [6, 6.07) is 0. The van der Waals surface area contributed by atoms with Gasteiger partial charge in [0.15, 0.2) is 0 Å². The van der Waals surface area contributed by atoms with Crippen molar-refractivity contribution in [2.24, 2.45) is 5.73 Å². The Hall–Kier alpha value is -1.62. The van der Waals surface area contributed by atoms with Crippen molar-refractivity contribution in [1.82, 2.24) is 9.88 Å². The smallest absolute Gasteiger partial charge is 0.258 e. The summed E-state index contributed by atoms with van der Waals surface area (Å²) in [6.45, 7) is 0.323. The molecule has 0 radical (unpaired) electrons. The van der Waals surface area contributed by atoms with E-state index in [-0.39, 0.29) is 12.0 Å². The predicted molar refractivity (Wildman–Crippen MR) is 63.8 cm³/mol. The summed E-state index contributed by atoms with van der Waals surface area (Å²) in [6.07, 6.45) is 5.52. The van der Waals surface area contributed by atoms with Gasteiger partial charge in [-0.25, -0.2) is 0 Å². The van der Waals surface area contributed by atoms with Gasteiger partial charge in [-0.15, -0.1) is 0 Å². The van der Waals surface area contributed by atoms with Gasteiger partial charge in [-0.3, -0.25) is 9.78 Å². The van der Waals surface area contributed by atoms with Gasteiger partial charge in [0.05, 0.1) is 6.10 Å². The molecule has 1 aromatic rings. The molecule has 2 N–H and O–H groups in total. The predicted octanol–water partition coefficient (Wildman–Crippen LogP) is 0.783. The third kappa shape index (κ3) is 2.55. The quantitative estimate of drug-likeness (QED) is 0.837. The SMILES string of the molecule is CN(C)C(=O)c1cncc(CN)c1OC1CC1. The zero-order valence-electron chi connectivity index (χ0n) is 10.1. The lowest BCUT2D eigenvalue weighted by Gasteiger charge is -2.16. The van der Waals surface area contributed by atoms with E-state index in [0.717, 1.165) is 18.4 Å². The molecule has 0 spiro atoms. The Labute approximate surface area is 101 Å². The number of nitrogens with zero attached hydrogens (tertiary/aromatic N) is 2. The second-order valence-electron chi connectivity index (χ2n) is 4.40. The van der Waals surface area contributed by atoms with E-state index in [9.17, 15) is 4.79 Å². The van der Waals surface area contributed by atoms with Crippen molar-refractivity contribution in [2.75, 3.05) is 14.1 Å². The molecule has 5 heteroatoms. The lowest BCUT2D eigenvalue weighted by molar-refractivity contribution is 0.0822. The van der Waals surface area contributed by atoms with Crippen LogP contribution in [0.1, 0.15) is 28.8 Å². The first kappa shape index (κ1) is 11.9. The zero-order valence-corrected chi connectivity index (χ0v) is 10.1. The van der Waals surface area contributed by atoms with Gasteiger partial charge >= 0.3 is 0 Å². The molecule has 1 heterocycles. The summed E-state index contributed by atoms with van der Waals surface area (Å²) in [5.41, 5.74) is 6.92. The summed E-state index contributed by atoms with van der Waals surface area (Å²) in [5.74, 6) is 0.493. The highest BCUT2D eigenvalue weighted by molar-refractivity contribution is 5.96. The second-order valence-corrected chi connectivity index (χ2v) is 4.40. The highest BCUT2D eigenvalue weighted by Crippen LogP contribution is 2.31. The number of hydrogen-bond acceptors (Lipinski definition) is 4. The molecule has 0 bridgehead atoms. The van der Waals surface area contributed by atoms with E-state index in [4.69, 9.17) is 10.5 Å². The molecule has 2 rings (SSSR count). The average Bonchev–Trinajstić information content (AvgIpc) is 3.12. The third-order valence-corrected chi connectivity index (χ3v) is 2.64. The maximum absolute atomic E-state index is 12.0. The van der Waals surface area contributed by atoms with Crippen LogP contribution in [0, 0.1) is 0 Å². The molecule has 1 saturated carbocycles. The molecule has 0 unspecified atom stereocenters. The minimum atomic E-state index is -0.108. The number of nitrogens with two attached hydrogens (primary N) is 1. The third-order valence-electron chi connectivity index (χ3n) is 2.64. The summed E-state index contributed by atoms with van der Waals surface area (Å²) in [7, 11) is 3.41. The molecule has 1 fully saturated rings. The molecular weight excluding hydrogens is 218 g/mol. The van der Waals surface area contributed by atoms with E-state index in [1.54, 1.807) is 26.5 Å². The Kier molecular flexibility index (Phi) is 3.28. The number of pyridine rings is 1. The van der Waals surface area contributed by atoms with Crippen LogP contribution in [0.3, 0.4) is 0 Å². The van der Waals surface area contributed by atoms with E-state index in [2.05, 4.69) is 4.98 Å². The molecule has 5 nitrogen and oxygen atoms in total. The van der Waals surface area contributed by atoms with Gasteiger partial charge < -0.3 is 15.4 Å². The Morgan fingerprint density at radius 2 is 2.24 bits per heavy atom. The Morgan fingerprint density at radius 3 is 2.76 bits per heavy atom. The molecule has 0 aliphatic heterocycles. The topological polar surface area (TPSA) is 68.5 Å². The van der Waals surface area contributed by atoms with Crippen LogP contribution < -0.4 is 10.5 Å². The molecular formula is C12H17N3O2. The Morgan fingerprint density at radius 1 is 1.53 bits per heavy atom. The molecule has 0 saturated heterocycles. The van der Waals surface area contributed by atoms with Crippen molar-refractivity contribution >= 4 is 5.91 Å². The van der Waals surface area contributed by atoms with Crippen LogP contribution in [0.25, 0.3) is 0 Å². The van der Waals surface area contributed by atoms with Crippen LogP contribution >= 0.6 is 0 Å². The first-order valence-corrected chi connectivity index (χ1v) is 5.68. The zero-order chi connectivity index (χ0) is 12.4. The normalized spacial score (nSPS) is 14.5. The van der Waals surface area contributed by atoms with Gasteiger partial charge in [-0.2, -0.15) is 0 Å². The number of aromatic nitrogens is 1. The summed E-state index contributed by atoms with van der Waals surface area (Å²) in [4.78, 5) is 17.6. The molecule has 0 aromatic carbocycles. The van der Waals surface area contributed by atoms with Crippen LogP contribution in [0.5, 0.6) is 5.75 Å². The summed E-state index contributed by atoms with van der Waals surface area (Å²) >= 11 is 0. The minimum absolute atomic E-state index is 0.108. The summed E-state index contributed by atoms with van der Waals surface area (Å²) < 4.78 is 5.78. The van der Waals surface area contributed by atoms with Crippen LogP contribution in [-0.4, -0.2) is 36.0 Å². The minimum Gasteiger partial charge on any atom is -0.489 e. The average molecular weight is 235 g/mol. The number of carbonyl (C=O) groups excluding carboxylic acids is 1. The van der Waals surface area contributed by atoms with Gasteiger partial charge in [-0.1, -0.05) is 0 Å². The molecule has 92 valence electrons. The molecule has 1 amide bonds. The highest BCUT2D eigenvalue weighted by atomic mass is 16.5. The van der Waals surface area contributed by atoms with Crippen molar-refractivity contribution in [1.29, 1.82) is 0 Å². The lowest BCUT2D eigenvalue weighted by atomic mass is 10.1. The van der Waals surface area contributed by atoms with Gasteiger partial charge in [0, 0.05) is 38.6 Å². The molecule has 1 aliphatic carbocycles. The highest BCUT2D eigenvalue weighted by Gasteiger charge is 2.27. The largest absolute Gasteiger partial charge is 0.489 e. The van der Waals surface area contributed by atoms with Crippen LogP contribution in [0.15, 0.2) is 12.4 Å². The fourth-order valence-corrected chi connectivity index (χ4v) is 1.52. The number of ether oxygens (including phenoxy) is 1. The molecule has 1 aromatic heterocycles. The van der Waals surface area contributed by atoms with Gasteiger partial charge in [-0.05, 0) is 12.8 Å². The maximum atomic E-state index is 12.0. The lowest BCUT2D eigenvalue weighted by Crippen LogP contribution is -2.23. The number of hydrogen-bond donors (Lipinski definition) is 1. The standard InChI is InChI=1S/C12H17N3O2/c1-15(2)12(16)10-7-14-6-8(5-13)11(10)17-9-3-4-9/h6-7,9H,3-5,13H2,1-2H3. The Balaban J connectivity index is 2.37. The maximum Gasteiger partial charge on any atom is 0.258 e. The monoisotopic (exact) mass is 235 g/mol. The van der Waals surface area contributed by atoms with Crippen molar-refractivity contribution < 1.29 is 9.53 Å². The Bertz CT molecular complexity index is 428. The van der Waals surface area contributed by atoms with Crippen molar-refractivity contribution in [3.05, 3.63) is 23.5 Å². The molecule has 17 heavy (non-hydrogen) atoms. The summed E-state index contributed by atoms with van der Waals surface area (Å²) in [5, 5.41) is 0. The van der Waals surface area contributed by atoms with Gasteiger partial charge in [0.1, 0.15) is 11.3 Å². The fraction of sp³-hybridized carbons (Fsp3) is 0.500. The number of rotatable bonds is 4. The van der Waals surface area contributed by atoms with Crippen LogP contribution in [-0.2, 0) is 6.54 Å². The van der Waals surface area contributed by atoms with Gasteiger partial charge in [0.25, 0.3) is 5.91 Å². The van der Waals surface area contributed by atoms with E-state index < -0.39 is 0 Å². The molecule has 0 atom stereocenters. The second kappa shape index (κ2) is 4.71. The van der Waals surface area contributed by atoms with E-state index in [0.29, 0.717) is 17.9 Å². The number of carbonyl (C=O) groups is 1. The van der Waals surface area contributed by atoms with Gasteiger partial charge in [0.2, 0.25) is 0 Å². The van der Waals surface area contributed by atoms with Crippen molar-refractivity contribution in [2.45, 2.75) is 25.5 Å². The molecule has 1 aliphatic rings. The van der Waals surface area contributed by atoms with Crippen molar-refractivity contribution in [3.8, 4) is 5.75 Å². The fourth-order valence-electron chi connectivity index (χ4n) is 1.52. The van der Waals surface area contributed by atoms with Crippen LogP contribution in [0.2, 0.25) is 0 Å². The van der Waals surface area contributed by atoms with E-state index in [1.807, 2.05) is 0 Å².